The topological polar surface area (TPSA) is 63.8 Å². The van der Waals surface area contributed by atoms with E-state index in [4.69, 9.17) is 0 Å². The first-order valence-electron chi connectivity index (χ1n) is 6.63. The summed E-state index contributed by atoms with van der Waals surface area (Å²) in [5.41, 5.74) is 4.42. The van der Waals surface area contributed by atoms with Crippen LogP contribution in [0.25, 0.3) is 0 Å². The molecule has 0 saturated heterocycles. The molecule has 0 aliphatic carbocycles. The number of aromatic nitrogens is 4. The molecule has 0 spiro atoms. The van der Waals surface area contributed by atoms with Crippen molar-refractivity contribution in [2.45, 2.75) is 39.7 Å². The van der Waals surface area contributed by atoms with E-state index in [1.807, 2.05) is 33.9 Å². The average molecular weight is 339 g/mol. The zero-order valence-corrected chi connectivity index (χ0v) is 13.8. The SMILES string of the molecule is CCc1nnc(C)cc1C(O)Cc1c(Br)c(C)nn1C. The van der Waals surface area contributed by atoms with E-state index in [1.165, 1.54) is 0 Å². The van der Waals surface area contributed by atoms with Crippen LogP contribution in [0.5, 0.6) is 0 Å². The van der Waals surface area contributed by atoms with Crippen molar-refractivity contribution in [2.75, 3.05) is 0 Å². The number of aryl methyl sites for hydroxylation is 4. The van der Waals surface area contributed by atoms with Crippen molar-refractivity contribution in [3.8, 4) is 0 Å². The Labute approximate surface area is 127 Å². The number of halogens is 1. The Morgan fingerprint density at radius 3 is 2.60 bits per heavy atom. The van der Waals surface area contributed by atoms with Crippen LogP contribution in [-0.4, -0.2) is 25.1 Å². The molecule has 5 nitrogen and oxygen atoms in total. The van der Waals surface area contributed by atoms with Crippen LogP contribution in [0.3, 0.4) is 0 Å². The van der Waals surface area contributed by atoms with Crippen LogP contribution in [0.4, 0.5) is 0 Å². The van der Waals surface area contributed by atoms with Crippen molar-refractivity contribution >= 4 is 15.9 Å². The average Bonchev–Trinajstić information content (AvgIpc) is 2.65. The summed E-state index contributed by atoms with van der Waals surface area (Å²) in [6, 6.07) is 1.91. The molecule has 0 saturated carbocycles. The Morgan fingerprint density at radius 1 is 1.35 bits per heavy atom. The predicted octanol–water partition coefficient (Wildman–Crippen LogP) is 2.43. The fraction of sp³-hybridized carbons (Fsp3) is 0.500. The van der Waals surface area contributed by atoms with Gasteiger partial charge in [-0.3, -0.25) is 4.68 Å². The lowest BCUT2D eigenvalue weighted by Crippen LogP contribution is -2.11. The highest BCUT2D eigenvalue weighted by Gasteiger charge is 2.19. The minimum atomic E-state index is -0.606. The predicted molar refractivity (Wildman–Crippen MR) is 80.5 cm³/mol. The van der Waals surface area contributed by atoms with Crippen LogP contribution < -0.4 is 0 Å². The minimum absolute atomic E-state index is 0.496. The van der Waals surface area contributed by atoms with Gasteiger partial charge in [0.2, 0.25) is 0 Å². The smallest absolute Gasteiger partial charge is 0.0864 e. The molecule has 6 heteroatoms. The highest BCUT2D eigenvalue weighted by molar-refractivity contribution is 9.10. The Kier molecular flexibility index (Phi) is 4.55. The van der Waals surface area contributed by atoms with Crippen LogP contribution in [0, 0.1) is 13.8 Å². The van der Waals surface area contributed by atoms with Gasteiger partial charge in [0, 0.05) is 19.0 Å². The van der Waals surface area contributed by atoms with Gasteiger partial charge in [0.1, 0.15) is 0 Å². The molecule has 1 atom stereocenters. The van der Waals surface area contributed by atoms with Crippen molar-refractivity contribution in [3.05, 3.63) is 38.9 Å². The molecule has 20 heavy (non-hydrogen) atoms. The van der Waals surface area contributed by atoms with Gasteiger partial charge in [-0.1, -0.05) is 6.92 Å². The third kappa shape index (κ3) is 2.91. The van der Waals surface area contributed by atoms with Gasteiger partial charge >= 0.3 is 0 Å². The molecule has 1 unspecified atom stereocenters. The first-order valence-corrected chi connectivity index (χ1v) is 7.42. The fourth-order valence-corrected chi connectivity index (χ4v) is 2.79. The zero-order valence-electron chi connectivity index (χ0n) is 12.2. The minimum Gasteiger partial charge on any atom is -0.388 e. The molecule has 0 aliphatic rings. The summed E-state index contributed by atoms with van der Waals surface area (Å²) < 4.78 is 2.76. The van der Waals surface area contributed by atoms with E-state index in [0.29, 0.717) is 6.42 Å². The van der Waals surface area contributed by atoms with E-state index in [1.54, 1.807) is 4.68 Å². The first-order chi connectivity index (χ1) is 9.43. The molecule has 0 radical (unpaired) electrons. The quantitative estimate of drug-likeness (QED) is 0.929. The summed E-state index contributed by atoms with van der Waals surface area (Å²) >= 11 is 3.53. The molecule has 1 N–H and O–H groups in total. The molecule has 0 aliphatic heterocycles. The molecule has 0 fully saturated rings. The maximum absolute atomic E-state index is 10.5. The van der Waals surface area contributed by atoms with E-state index in [2.05, 4.69) is 31.2 Å². The molecule has 2 heterocycles. The van der Waals surface area contributed by atoms with Crippen molar-refractivity contribution in [1.82, 2.24) is 20.0 Å². The largest absolute Gasteiger partial charge is 0.388 e. The normalized spacial score (nSPS) is 12.7. The van der Waals surface area contributed by atoms with Gasteiger partial charge in [0.05, 0.1) is 33.4 Å². The third-order valence-corrected chi connectivity index (χ3v) is 4.40. The number of aliphatic hydroxyl groups is 1. The van der Waals surface area contributed by atoms with Gasteiger partial charge in [0.15, 0.2) is 0 Å². The lowest BCUT2D eigenvalue weighted by atomic mass is 10.0. The van der Waals surface area contributed by atoms with Gasteiger partial charge in [-0.25, -0.2) is 0 Å². The lowest BCUT2D eigenvalue weighted by molar-refractivity contribution is 0.173. The number of hydrogen-bond donors (Lipinski definition) is 1. The number of nitrogens with zero attached hydrogens (tertiary/aromatic N) is 4. The van der Waals surface area contributed by atoms with Crippen LogP contribution in [-0.2, 0) is 19.9 Å². The van der Waals surface area contributed by atoms with Gasteiger partial charge in [0.25, 0.3) is 0 Å². The number of aliphatic hydroxyl groups excluding tert-OH is 1. The van der Waals surface area contributed by atoms with Crippen molar-refractivity contribution in [3.63, 3.8) is 0 Å². The molecule has 108 valence electrons. The maximum atomic E-state index is 10.5. The standard InChI is InChI=1S/C14H19BrN4O/c1-5-11-10(6-8(2)16-17-11)13(20)7-12-14(15)9(3)18-19(12)4/h6,13,20H,5,7H2,1-4H3. The molecular formula is C14H19BrN4O. The van der Waals surface area contributed by atoms with E-state index >= 15 is 0 Å². The summed E-state index contributed by atoms with van der Waals surface area (Å²) in [4.78, 5) is 0. The van der Waals surface area contributed by atoms with Gasteiger partial charge in [-0.2, -0.15) is 15.3 Å². The molecule has 0 bridgehead atoms. The summed E-state index contributed by atoms with van der Waals surface area (Å²) in [5.74, 6) is 0. The summed E-state index contributed by atoms with van der Waals surface area (Å²) in [6.07, 6.45) is 0.645. The second-order valence-electron chi connectivity index (χ2n) is 4.93. The van der Waals surface area contributed by atoms with Crippen LogP contribution in [0.1, 0.15) is 41.4 Å². The van der Waals surface area contributed by atoms with Gasteiger partial charge < -0.3 is 5.11 Å². The second-order valence-corrected chi connectivity index (χ2v) is 5.72. The van der Waals surface area contributed by atoms with Crippen LogP contribution >= 0.6 is 15.9 Å². The summed E-state index contributed by atoms with van der Waals surface area (Å²) in [7, 11) is 1.89. The number of hydrogen-bond acceptors (Lipinski definition) is 4. The number of rotatable bonds is 4. The Bertz CT molecular complexity index is 624. The highest BCUT2D eigenvalue weighted by atomic mass is 79.9. The summed E-state index contributed by atoms with van der Waals surface area (Å²) in [6.45, 7) is 5.84. The maximum Gasteiger partial charge on any atom is 0.0864 e. The van der Waals surface area contributed by atoms with Crippen molar-refractivity contribution in [1.29, 1.82) is 0 Å². The van der Waals surface area contributed by atoms with Crippen LogP contribution in [0.15, 0.2) is 10.5 Å². The molecule has 2 aromatic rings. The van der Waals surface area contributed by atoms with Crippen molar-refractivity contribution < 1.29 is 5.11 Å². The molecule has 2 aromatic heterocycles. The van der Waals surface area contributed by atoms with E-state index in [-0.39, 0.29) is 0 Å². The molecule has 0 amide bonds. The molecule has 0 aromatic carbocycles. The van der Waals surface area contributed by atoms with E-state index in [9.17, 15) is 5.11 Å². The third-order valence-electron chi connectivity index (χ3n) is 3.37. The molecular weight excluding hydrogens is 320 g/mol. The zero-order chi connectivity index (χ0) is 14.9. The second kappa shape index (κ2) is 6.01. The van der Waals surface area contributed by atoms with Gasteiger partial charge in [-0.05, 0) is 42.3 Å². The fourth-order valence-electron chi connectivity index (χ4n) is 2.29. The Hall–Kier alpha value is -1.27. The van der Waals surface area contributed by atoms with Crippen molar-refractivity contribution in [2.24, 2.45) is 7.05 Å². The summed E-state index contributed by atoms with van der Waals surface area (Å²) in [5, 5.41) is 23.1. The highest BCUT2D eigenvalue weighted by Crippen LogP contribution is 2.27. The lowest BCUT2D eigenvalue weighted by Gasteiger charge is -2.15. The molecule has 2 rings (SSSR count). The van der Waals surface area contributed by atoms with Crippen LogP contribution in [0.2, 0.25) is 0 Å². The van der Waals surface area contributed by atoms with E-state index in [0.717, 1.165) is 39.2 Å². The Morgan fingerprint density at radius 2 is 2.05 bits per heavy atom. The Balaban J connectivity index is 2.32. The monoisotopic (exact) mass is 338 g/mol. The van der Waals surface area contributed by atoms with E-state index < -0.39 is 6.10 Å². The first kappa shape index (κ1) is 15.1. The van der Waals surface area contributed by atoms with Gasteiger partial charge in [-0.15, -0.1) is 0 Å².